The van der Waals surface area contributed by atoms with Gasteiger partial charge in [0, 0.05) is 0 Å². The van der Waals surface area contributed by atoms with Crippen molar-refractivity contribution >= 4 is 6.04 Å². The van der Waals surface area contributed by atoms with Crippen LogP contribution in [0.3, 0.4) is 0 Å². The van der Waals surface area contributed by atoms with E-state index in [-0.39, 0.29) is 0 Å². The van der Waals surface area contributed by atoms with Crippen LogP contribution in [0.15, 0.2) is 0 Å². The summed E-state index contributed by atoms with van der Waals surface area (Å²) < 4.78 is 198. The minimum atomic E-state index is -8.65. The molecule has 0 amide bonds. The smallest absolute Gasteiger partial charge is 0.254 e. The van der Waals surface area contributed by atoms with E-state index in [1.165, 1.54) is 0 Å². The Hall–Kier alpha value is -1.45. The molecule has 0 radical (unpaired) electrons. The highest BCUT2D eigenvalue weighted by atomic mass is 19.4. The van der Waals surface area contributed by atoms with E-state index in [4.69, 9.17) is 0 Å². The van der Waals surface area contributed by atoms with Gasteiger partial charge in [0.05, 0.1) is 0 Å². The molecular weight excluding hydrogens is 416 g/mol. The summed E-state index contributed by atoms with van der Waals surface area (Å²) in [4.78, 5) is 9.52. The van der Waals surface area contributed by atoms with Gasteiger partial charge in [-0.05, 0) is 0 Å². The first-order valence-electron chi connectivity index (χ1n) is 4.98. The van der Waals surface area contributed by atoms with Gasteiger partial charge in [0.1, 0.15) is 0 Å². The second-order valence-corrected chi connectivity index (χ2v) is 4.23. The average Bonchev–Trinajstić information content (AvgIpc) is 2.33. The van der Waals surface area contributed by atoms with Crippen LogP contribution in [0.4, 0.5) is 70.2 Å². The molecule has 150 valence electrons. The zero-order valence-corrected chi connectivity index (χ0v) is 10.5. The summed E-state index contributed by atoms with van der Waals surface area (Å²) in [5.41, 5.74) is -8.46. The first-order chi connectivity index (χ1) is 10.4. The van der Waals surface area contributed by atoms with Crippen LogP contribution in [0.5, 0.6) is 0 Å². The Labute approximate surface area is 124 Å². The van der Waals surface area contributed by atoms with Crippen LogP contribution in [-0.4, -0.2) is 47.7 Å². The zero-order valence-electron chi connectivity index (χ0n) is 10.5. The van der Waals surface area contributed by atoms with Crippen LogP contribution in [-0.2, 0) is 4.79 Å². The molecule has 0 bridgehead atoms. The SMILES string of the molecule is O=C(F)C(F)(F)C(F)(F)C(F)(F)C(F)(F)C(F)(C(F)(F)F)C(F)(F)F. The number of hydrogen-bond donors (Lipinski definition) is 0. The summed E-state index contributed by atoms with van der Waals surface area (Å²) in [6.45, 7) is 0. The van der Waals surface area contributed by atoms with Gasteiger partial charge < -0.3 is 0 Å². The molecule has 0 rings (SSSR count). The van der Waals surface area contributed by atoms with E-state index in [9.17, 15) is 75.0 Å². The molecule has 0 unspecified atom stereocenters. The van der Waals surface area contributed by atoms with Gasteiger partial charge in [-0.2, -0.15) is 65.9 Å². The quantitative estimate of drug-likeness (QED) is 0.463. The molecule has 0 saturated heterocycles. The Morgan fingerprint density at radius 1 is 0.480 bits per heavy atom. The van der Waals surface area contributed by atoms with Crippen molar-refractivity contribution in [3.05, 3.63) is 0 Å². The van der Waals surface area contributed by atoms with Gasteiger partial charge in [0.25, 0.3) is 0 Å². The zero-order chi connectivity index (χ0) is 21.1. The van der Waals surface area contributed by atoms with Crippen molar-refractivity contribution < 1.29 is 75.0 Å². The van der Waals surface area contributed by atoms with E-state index in [2.05, 4.69) is 0 Å². The van der Waals surface area contributed by atoms with Crippen LogP contribution in [0, 0.1) is 0 Å². The molecule has 0 aromatic rings. The summed E-state index contributed by atoms with van der Waals surface area (Å²) in [6, 6.07) is -4.81. The Morgan fingerprint density at radius 2 is 0.760 bits per heavy atom. The van der Waals surface area contributed by atoms with Crippen molar-refractivity contribution in [1.82, 2.24) is 0 Å². The van der Waals surface area contributed by atoms with Crippen LogP contribution in [0.2, 0.25) is 0 Å². The van der Waals surface area contributed by atoms with Gasteiger partial charge in [0.2, 0.25) is 0 Å². The molecule has 0 heterocycles. The highest BCUT2D eigenvalue weighted by Gasteiger charge is 2.96. The predicted molar refractivity (Wildman–Crippen MR) is 41.9 cm³/mol. The summed E-state index contributed by atoms with van der Waals surface area (Å²) in [7, 11) is 0. The van der Waals surface area contributed by atoms with Crippen molar-refractivity contribution in [2.75, 3.05) is 0 Å². The molecule has 0 spiro atoms. The third kappa shape index (κ3) is 2.78. The number of halogens is 16. The lowest BCUT2D eigenvalue weighted by molar-refractivity contribution is -0.454. The number of carbonyl (C=O) groups excluding carboxylic acids is 1. The van der Waals surface area contributed by atoms with E-state index in [1.54, 1.807) is 0 Å². The molecular formula is C8F16O. The van der Waals surface area contributed by atoms with Crippen molar-refractivity contribution in [1.29, 1.82) is 0 Å². The summed E-state index contributed by atoms with van der Waals surface area (Å²) in [6.07, 6.45) is -16.1. The van der Waals surface area contributed by atoms with Gasteiger partial charge in [-0.15, -0.1) is 0 Å². The topological polar surface area (TPSA) is 17.1 Å². The molecule has 0 fully saturated rings. The number of alkyl halides is 15. The largest absolute Gasteiger partial charge is 0.438 e. The second-order valence-electron chi connectivity index (χ2n) is 4.23. The van der Waals surface area contributed by atoms with Gasteiger partial charge in [-0.3, -0.25) is 4.79 Å². The third-order valence-electron chi connectivity index (χ3n) is 2.64. The van der Waals surface area contributed by atoms with Gasteiger partial charge >= 0.3 is 47.7 Å². The molecule has 25 heavy (non-hydrogen) atoms. The van der Waals surface area contributed by atoms with E-state index < -0.39 is 47.7 Å². The van der Waals surface area contributed by atoms with Crippen LogP contribution < -0.4 is 0 Å². The minimum absolute atomic E-state index is 4.81. The molecule has 0 aromatic carbocycles. The van der Waals surface area contributed by atoms with E-state index in [1.807, 2.05) is 0 Å². The average molecular weight is 416 g/mol. The normalized spacial score (nSPS) is 16.2. The van der Waals surface area contributed by atoms with Gasteiger partial charge in [-0.1, -0.05) is 0 Å². The minimum Gasteiger partial charge on any atom is -0.254 e. The van der Waals surface area contributed by atoms with E-state index >= 15 is 0 Å². The fraction of sp³-hybridized carbons (Fsp3) is 0.875. The standard InChI is InChI=1S/C8F16O/c9-1(25)2(10,11)4(13,14)6(17,18)5(15,16)3(12,7(19,20)21)8(22,23)24. The molecule has 0 N–H and O–H groups in total. The first kappa shape index (κ1) is 23.5. The van der Waals surface area contributed by atoms with Crippen LogP contribution >= 0.6 is 0 Å². The van der Waals surface area contributed by atoms with Crippen LogP contribution in [0.25, 0.3) is 0 Å². The lowest BCUT2D eigenvalue weighted by atomic mass is 9.86. The van der Waals surface area contributed by atoms with Gasteiger partial charge in [-0.25, -0.2) is 4.39 Å². The third-order valence-corrected chi connectivity index (χ3v) is 2.64. The van der Waals surface area contributed by atoms with Crippen molar-refractivity contribution in [2.24, 2.45) is 0 Å². The fourth-order valence-corrected chi connectivity index (χ4v) is 1.25. The Bertz CT molecular complexity index is 509. The lowest BCUT2D eigenvalue weighted by Crippen LogP contribution is -2.75. The molecule has 0 aliphatic carbocycles. The molecule has 0 aliphatic rings. The van der Waals surface area contributed by atoms with Crippen molar-refractivity contribution in [3.8, 4) is 0 Å². The van der Waals surface area contributed by atoms with Crippen molar-refractivity contribution in [2.45, 2.75) is 41.7 Å². The number of carbonyl (C=O) groups is 1. The second kappa shape index (κ2) is 5.52. The number of rotatable bonds is 5. The first-order valence-corrected chi connectivity index (χ1v) is 4.98. The van der Waals surface area contributed by atoms with Crippen LogP contribution in [0.1, 0.15) is 0 Å². The van der Waals surface area contributed by atoms with E-state index in [0.29, 0.717) is 0 Å². The highest BCUT2D eigenvalue weighted by Crippen LogP contribution is 2.63. The maximum absolute atomic E-state index is 13.0. The maximum Gasteiger partial charge on any atom is 0.438 e. The summed E-state index contributed by atoms with van der Waals surface area (Å²) in [5.74, 6) is -32.9. The van der Waals surface area contributed by atoms with E-state index in [0.717, 1.165) is 0 Å². The van der Waals surface area contributed by atoms with Crippen molar-refractivity contribution in [3.63, 3.8) is 0 Å². The molecule has 1 nitrogen and oxygen atoms in total. The Morgan fingerprint density at radius 3 is 0.960 bits per heavy atom. The predicted octanol–water partition coefficient (Wildman–Crippen LogP) is 4.86. The highest BCUT2D eigenvalue weighted by molar-refractivity contribution is 5.78. The fourth-order valence-electron chi connectivity index (χ4n) is 1.25. The van der Waals surface area contributed by atoms with Gasteiger partial charge in [0.15, 0.2) is 0 Å². The Kier molecular flexibility index (Phi) is 5.20. The summed E-state index contributed by atoms with van der Waals surface area (Å²) >= 11 is 0. The molecule has 0 saturated carbocycles. The summed E-state index contributed by atoms with van der Waals surface area (Å²) in [5, 5.41) is 0. The Balaban J connectivity index is 6.80. The lowest BCUT2D eigenvalue weighted by Gasteiger charge is -2.42. The molecule has 17 heteroatoms. The monoisotopic (exact) mass is 416 g/mol. The molecule has 0 aliphatic heterocycles. The number of hydrogen-bond acceptors (Lipinski definition) is 1. The maximum atomic E-state index is 13.0. The molecule has 0 aromatic heterocycles. The molecule has 0 atom stereocenters.